The molecule has 2 N–H and O–H groups in total. The number of nitrogens with one attached hydrogen (secondary N) is 2. The number of amides is 2. The maximum Gasteiger partial charge on any atom is 0.407 e. The predicted octanol–water partition coefficient (Wildman–Crippen LogP) is 1.31. The Bertz CT molecular complexity index is 823. The fourth-order valence-corrected chi connectivity index (χ4v) is 2.39. The fourth-order valence-electron chi connectivity index (χ4n) is 2.39. The second kappa shape index (κ2) is 10.6. The van der Waals surface area contributed by atoms with E-state index in [-0.39, 0.29) is 30.0 Å². The van der Waals surface area contributed by atoms with Gasteiger partial charge in [-0.1, -0.05) is 0 Å². The normalized spacial score (nSPS) is 11.0. The highest BCUT2D eigenvalue weighted by atomic mass is 16.6. The number of carbonyl (C=O) groups is 4. The lowest BCUT2D eigenvalue weighted by molar-refractivity contribution is -0.384. The van der Waals surface area contributed by atoms with Crippen molar-refractivity contribution in [1.82, 2.24) is 5.32 Å². The Balaban J connectivity index is 3.40. The molecule has 0 bridgehead atoms. The molecule has 1 rings (SSSR count). The van der Waals surface area contributed by atoms with Crippen LogP contribution in [-0.2, 0) is 30.3 Å². The number of nitro benzene ring substituents is 1. The van der Waals surface area contributed by atoms with Gasteiger partial charge in [-0.3, -0.25) is 24.5 Å². The first-order valence-electron chi connectivity index (χ1n) is 8.29. The molecular formula is C17H21N3O9. The van der Waals surface area contributed by atoms with E-state index in [0.717, 1.165) is 21.0 Å². The Labute approximate surface area is 165 Å². The molecule has 0 aromatic heterocycles. The van der Waals surface area contributed by atoms with Crippen molar-refractivity contribution in [1.29, 1.82) is 0 Å². The van der Waals surface area contributed by atoms with Crippen molar-refractivity contribution in [2.45, 2.75) is 33.2 Å². The van der Waals surface area contributed by atoms with E-state index in [4.69, 9.17) is 9.47 Å². The van der Waals surface area contributed by atoms with E-state index in [9.17, 15) is 29.3 Å². The molecule has 12 heteroatoms. The van der Waals surface area contributed by atoms with Crippen LogP contribution in [0.1, 0.15) is 26.3 Å². The van der Waals surface area contributed by atoms with Crippen LogP contribution < -0.4 is 15.4 Å². The van der Waals surface area contributed by atoms with E-state index < -0.39 is 40.6 Å². The van der Waals surface area contributed by atoms with Crippen LogP contribution in [0, 0.1) is 10.1 Å². The van der Waals surface area contributed by atoms with E-state index in [2.05, 4.69) is 15.4 Å². The number of anilines is 1. The zero-order valence-corrected chi connectivity index (χ0v) is 16.3. The van der Waals surface area contributed by atoms with Crippen LogP contribution in [0.15, 0.2) is 12.1 Å². The predicted molar refractivity (Wildman–Crippen MR) is 98.4 cm³/mol. The van der Waals surface area contributed by atoms with Crippen molar-refractivity contribution in [3.8, 4) is 5.75 Å². The van der Waals surface area contributed by atoms with Gasteiger partial charge in [0.05, 0.1) is 18.1 Å². The number of ether oxygens (including phenoxy) is 3. The molecule has 158 valence electrons. The van der Waals surface area contributed by atoms with Gasteiger partial charge < -0.3 is 24.8 Å². The van der Waals surface area contributed by atoms with Crippen molar-refractivity contribution in [2.24, 2.45) is 0 Å². The molecule has 0 saturated heterocycles. The summed E-state index contributed by atoms with van der Waals surface area (Å²) in [6.07, 6.45) is -0.977. The van der Waals surface area contributed by atoms with Gasteiger partial charge in [0.25, 0.3) is 5.69 Å². The number of nitrogens with zero attached hydrogens (tertiary/aromatic N) is 1. The van der Waals surface area contributed by atoms with Gasteiger partial charge >= 0.3 is 18.0 Å². The average molecular weight is 411 g/mol. The lowest BCUT2D eigenvalue weighted by atomic mass is 10.0. The van der Waals surface area contributed by atoms with Gasteiger partial charge in [-0.2, -0.15) is 0 Å². The van der Waals surface area contributed by atoms with Crippen LogP contribution in [0.2, 0.25) is 0 Å². The van der Waals surface area contributed by atoms with Crippen LogP contribution >= 0.6 is 0 Å². The lowest BCUT2D eigenvalue weighted by Gasteiger charge is -2.19. The van der Waals surface area contributed by atoms with Gasteiger partial charge in [0.1, 0.15) is 6.61 Å². The second-order valence-electron chi connectivity index (χ2n) is 5.82. The molecule has 0 fully saturated rings. The molecule has 0 aliphatic heterocycles. The van der Waals surface area contributed by atoms with E-state index >= 15 is 0 Å². The number of rotatable bonds is 8. The van der Waals surface area contributed by atoms with Crippen LogP contribution in [0.3, 0.4) is 0 Å². The highest BCUT2D eigenvalue weighted by molar-refractivity contribution is 5.95. The third-order valence-corrected chi connectivity index (χ3v) is 3.42. The third kappa shape index (κ3) is 7.44. The summed E-state index contributed by atoms with van der Waals surface area (Å²) in [7, 11) is 1.13. The number of alkyl carbamates (subject to hydrolysis) is 1. The Kier molecular flexibility index (Phi) is 8.52. The van der Waals surface area contributed by atoms with Gasteiger partial charge in [-0.25, -0.2) is 4.79 Å². The fraction of sp³-hybridized carbons (Fsp3) is 0.412. The van der Waals surface area contributed by atoms with Crippen LogP contribution in [0.5, 0.6) is 5.75 Å². The van der Waals surface area contributed by atoms with Crippen LogP contribution in [-0.4, -0.2) is 48.6 Å². The first-order valence-corrected chi connectivity index (χ1v) is 8.29. The molecule has 0 radical (unpaired) electrons. The average Bonchev–Trinajstić information content (AvgIpc) is 2.60. The highest BCUT2D eigenvalue weighted by Crippen LogP contribution is 2.38. The van der Waals surface area contributed by atoms with E-state index in [1.54, 1.807) is 0 Å². The Morgan fingerprint density at radius 1 is 1.14 bits per heavy atom. The summed E-state index contributed by atoms with van der Waals surface area (Å²) in [5, 5.41) is 16.4. The molecule has 2 amide bonds. The first kappa shape index (κ1) is 23.3. The Morgan fingerprint density at radius 3 is 2.28 bits per heavy atom. The highest BCUT2D eigenvalue weighted by Gasteiger charge is 2.28. The monoisotopic (exact) mass is 411 g/mol. The molecule has 0 aliphatic carbocycles. The molecular weight excluding hydrogens is 390 g/mol. The van der Waals surface area contributed by atoms with E-state index in [1.165, 1.54) is 19.1 Å². The number of esters is 2. The maximum atomic E-state index is 11.7. The van der Waals surface area contributed by atoms with Gasteiger partial charge in [0, 0.05) is 32.8 Å². The van der Waals surface area contributed by atoms with E-state index in [1.807, 2.05) is 0 Å². The first-order chi connectivity index (χ1) is 13.5. The molecule has 0 aliphatic rings. The number of hydrogen-bond acceptors (Lipinski definition) is 9. The molecule has 0 saturated carbocycles. The maximum absolute atomic E-state index is 11.7. The van der Waals surface area contributed by atoms with Crippen molar-refractivity contribution in [3.05, 3.63) is 27.8 Å². The summed E-state index contributed by atoms with van der Waals surface area (Å²) in [5.41, 5.74) is -0.749. The topological polar surface area (TPSA) is 163 Å². The van der Waals surface area contributed by atoms with E-state index in [0.29, 0.717) is 0 Å². The summed E-state index contributed by atoms with van der Waals surface area (Å²) < 4.78 is 14.3. The minimum absolute atomic E-state index is 0.0863. The number of carbonyl (C=O) groups excluding carboxylic acids is 4. The minimum atomic E-state index is -0.866. The standard InChI is InChI=1S/C17H21N3O9/c1-9(21)18-15-14(29-11(3)23)6-5-12(16(15)20(25)26)7-13(8-28-10(2)22)19-17(24)27-4/h5-6,13H,7-8H2,1-4H3,(H,18,21)(H,19,24)/t13-/m0/s1. The zero-order valence-electron chi connectivity index (χ0n) is 16.3. The number of nitro groups is 1. The van der Waals surface area contributed by atoms with Gasteiger partial charge in [0.2, 0.25) is 5.91 Å². The van der Waals surface area contributed by atoms with Gasteiger partial charge in [0.15, 0.2) is 11.4 Å². The quantitative estimate of drug-likeness (QED) is 0.278. The summed E-state index contributed by atoms with van der Waals surface area (Å²) in [4.78, 5) is 56.4. The number of hydrogen-bond donors (Lipinski definition) is 2. The van der Waals surface area contributed by atoms with Gasteiger partial charge in [-0.15, -0.1) is 0 Å². The summed E-state index contributed by atoms with van der Waals surface area (Å²) in [6, 6.07) is 1.71. The molecule has 0 unspecified atom stereocenters. The molecule has 1 aromatic rings. The van der Waals surface area contributed by atoms with Crippen molar-refractivity contribution < 1.29 is 38.3 Å². The summed E-state index contributed by atoms with van der Waals surface area (Å²) in [5.74, 6) is -2.18. The Hall–Kier alpha value is -3.70. The minimum Gasteiger partial charge on any atom is -0.464 e. The molecule has 1 aromatic carbocycles. The molecule has 0 spiro atoms. The second-order valence-corrected chi connectivity index (χ2v) is 5.82. The van der Waals surface area contributed by atoms with Crippen molar-refractivity contribution >= 4 is 35.3 Å². The smallest absolute Gasteiger partial charge is 0.407 e. The van der Waals surface area contributed by atoms with Crippen molar-refractivity contribution in [3.63, 3.8) is 0 Å². The molecule has 29 heavy (non-hydrogen) atoms. The molecule has 1 atom stereocenters. The van der Waals surface area contributed by atoms with Crippen molar-refractivity contribution in [2.75, 3.05) is 19.0 Å². The SMILES string of the molecule is COC(=O)N[C@H](COC(C)=O)Cc1ccc(OC(C)=O)c(NC(C)=O)c1[N+](=O)[O-]. The largest absolute Gasteiger partial charge is 0.464 e. The molecule has 12 nitrogen and oxygen atoms in total. The zero-order chi connectivity index (χ0) is 22.1. The molecule has 0 heterocycles. The lowest BCUT2D eigenvalue weighted by Crippen LogP contribution is -2.40. The third-order valence-electron chi connectivity index (χ3n) is 3.42. The summed E-state index contributed by atoms with van der Waals surface area (Å²) >= 11 is 0. The van der Waals surface area contributed by atoms with Gasteiger partial charge in [-0.05, 0) is 12.1 Å². The number of methoxy groups -OCH3 is 1. The number of benzene rings is 1. The van der Waals surface area contributed by atoms with Crippen LogP contribution in [0.25, 0.3) is 0 Å². The Morgan fingerprint density at radius 2 is 1.79 bits per heavy atom. The van der Waals surface area contributed by atoms with Crippen LogP contribution in [0.4, 0.5) is 16.2 Å². The summed E-state index contributed by atoms with van der Waals surface area (Å²) in [6.45, 7) is 3.13.